The van der Waals surface area contributed by atoms with Crippen LogP contribution in [0, 0.1) is 0 Å². The number of nitrogens with one attached hydrogen (secondary N) is 1. The van der Waals surface area contributed by atoms with Crippen LogP contribution in [0.5, 0.6) is 0 Å². The smallest absolute Gasteiger partial charge is 0.139 e. The molecule has 0 saturated carbocycles. The van der Waals surface area contributed by atoms with Crippen LogP contribution in [0.4, 0.5) is 0 Å². The van der Waals surface area contributed by atoms with Crippen molar-refractivity contribution in [3.05, 3.63) is 42.4 Å². The van der Waals surface area contributed by atoms with Crippen molar-refractivity contribution in [2.45, 2.75) is 45.0 Å². The lowest BCUT2D eigenvalue weighted by Crippen LogP contribution is -2.40. The molecule has 5 heteroatoms. The number of nitrogens with zero attached hydrogens (tertiary/aromatic N) is 2. The van der Waals surface area contributed by atoms with E-state index in [0.29, 0.717) is 0 Å². The summed E-state index contributed by atoms with van der Waals surface area (Å²) in [5, 5.41) is 3.54. The largest absolute Gasteiger partial charge is 0.468 e. The molecule has 2 aromatic rings. The summed E-state index contributed by atoms with van der Waals surface area (Å²) in [5.74, 6) is 1.97. The summed E-state index contributed by atoms with van der Waals surface area (Å²) in [7, 11) is 0. The highest BCUT2D eigenvalue weighted by Gasteiger charge is 2.30. The van der Waals surface area contributed by atoms with E-state index in [4.69, 9.17) is 9.15 Å². The van der Waals surface area contributed by atoms with Gasteiger partial charge in [0.2, 0.25) is 0 Å². The molecule has 1 aliphatic rings. The molecule has 2 aromatic heterocycles. The van der Waals surface area contributed by atoms with Gasteiger partial charge < -0.3 is 19.0 Å². The maximum Gasteiger partial charge on any atom is 0.139 e. The molecule has 20 heavy (non-hydrogen) atoms. The normalized spacial score (nSPS) is 23.1. The van der Waals surface area contributed by atoms with E-state index in [0.717, 1.165) is 44.1 Å². The quantitative estimate of drug-likeness (QED) is 0.911. The van der Waals surface area contributed by atoms with Gasteiger partial charge in [-0.3, -0.25) is 0 Å². The van der Waals surface area contributed by atoms with Crippen molar-refractivity contribution in [1.82, 2.24) is 14.9 Å². The first-order chi connectivity index (χ1) is 9.88. The zero-order chi connectivity index (χ0) is 13.8. The Morgan fingerprint density at radius 2 is 2.45 bits per heavy atom. The molecule has 0 radical (unpaired) electrons. The van der Waals surface area contributed by atoms with E-state index in [2.05, 4.69) is 21.8 Å². The second-order valence-electron chi connectivity index (χ2n) is 5.07. The number of rotatable bonds is 5. The number of aryl methyl sites for hydroxylation is 1. The van der Waals surface area contributed by atoms with Gasteiger partial charge in [0.25, 0.3) is 0 Å². The first-order valence-corrected chi connectivity index (χ1v) is 7.27. The molecule has 1 saturated heterocycles. The molecule has 0 amide bonds. The molecule has 108 valence electrons. The van der Waals surface area contributed by atoms with Gasteiger partial charge in [-0.05, 0) is 31.9 Å². The van der Waals surface area contributed by atoms with E-state index in [1.807, 2.05) is 24.5 Å². The van der Waals surface area contributed by atoms with Crippen LogP contribution in [0.2, 0.25) is 0 Å². The topological polar surface area (TPSA) is 52.2 Å². The Kier molecular flexibility index (Phi) is 4.18. The third-order valence-electron chi connectivity index (χ3n) is 3.78. The van der Waals surface area contributed by atoms with Gasteiger partial charge in [-0.2, -0.15) is 0 Å². The Balaban J connectivity index is 1.70. The van der Waals surface area contributed by atoms with Crippen LogP contribution < -0.4 is 5.32 Å². The van der Waals surface area contributed by atoms with Gasteiger partial charge in [-0.15, -0.1) is 0 Å². The summed E-state index contributed by atoms with van der Waals surface area (Å²) in [5.41, 5.74) is 0. The molecule has 0 unspecified atom stereocenters. The van der Waals surface area contributed by atoms with Crippen molar-refractivity contribution in [2.75, 3.05) is 6.61 Å². The molecule has 3 heterocycles. The molecule has 0 bridgehead atoms. The van der Waals surface area contributed by atoms with Crippen LogP contribution in [-0.2, 0) is 17.8 Å². The Morgan fingerprint density at radius 1 is 1.50 bits per heavy atom. The van der Waals surface area contributed by atoms with Crippen LogP contribution in [-0.4, -0.2) is 22.2 Å². The van der Waals surface area contributed by atoms with Crippen LogP contribution in [0.3, 0.4) is 0 Å². The van der Waals surface area contributed by atoms with Crippen LogP contribution in [0.1, 0.15) is 37.5 Å². The first kappa shape index (κ1) is 13.4. The van der Waals surface area contributed by atoms with Gasteiger partial charge >= 0.3 is 0 Å². The van der Waals surface area contributed by atoms with E-state index < -0.39 is 0 Å². The average Bonchev–Trinajstić information content (AvgIpc) is 3.16. The monoisotopic (exact) mass is 275 g/mol. The standard InChI is InChI=1S/C15H21N3O2/c1-2-18-8-7-16-15(18)14-13(6-4-10-20-14)17-11-12-5-3-9-19-12/h3,5,7-9,13-14,17H,2,4,6,10-11H2,1H3/t13-,14-/m0/s1. The Hall–Kier alpha value is -1.59. The summed E-state index contributed by atoms with van der Waals surface area (Å²) in [6, 6.07) is 4.18. The third-order valence-corrected chi connectivity index (χ3v) is 3.78. The molecular formula is C15H21N3O2. The predicted octanol–water partition coefficient (Wildman–Crippen LogP) is 2.51. The molecule has 0 aromatic carbocycles. The summed E-state index contributed by atoms with van der Waals surface area (Å²) >= 11 is 0. The lowest BCUT2D eigenvalue weighted by atomic mass is 10.0. The first-order valence-electron chi connectivity index (χ1n) is 7.27. The Bertz CT molecular complexity index is 521. The molecule has 0 spiro atoms. The minimum Gasteiger partial charge on any atom is -0.468 e. The summed E-state index contributed by atoms with van der Waals surface area (Å²) in [6.45, 7) is 4.57. The van der Waals surface area contributed by atoms with Crippen molar-refractivity contribution in [3.63, 3.8) is 0 Å². The van der Waals surface area contributed by atoms with E-state index in [9.17, 15) is 0 Å². The van der Waals surface area contributed by atoms with Crippen LogP contribution in [0.15, 0.2) is 35.2 Å². The van der Waals surface area contributed by atoms with E-state index in [1.165, 1.54) is 0 Å². The minimum absolute atomic E-state index is 0.0219. The lowest BCUT2D eigenvalue weighted by molar-refractivity contribution is -0.0186. The second-order valence-corrected chi connectivity index (χ2v) is 5.07. The summed E-state index contributed by atoms with van der Waals surface area (Å²) < 4.78 is 13.5. The second kappa shape index (κ2) is 6.24. The van der Waals surface area contributed by atoms with Crippen molar-refractivity contribution in [2.24, 2.45) is 0 Å². The predicted molar refractivity (Wildman–Crippen MR) is 75.2 cm³/mol. The van der Waals surface area contributed by atoms with E-state index in [1.54, 1.807) is 6.26 Å². The fourth-order valence-electron chi connectivity index (χ4n) is 2.73. The van der Waals surface area contributed by atoms with Crippen LogP contribution in [0.25, 0.3) is 0 Å². The number of furan rings is 1. The van der Waals surface area contributed by atoms with Gasteiger partial charge in [-0.1, -0.05) is 0 Å². The molecule has 3 rings (SSSR count). The van der Waals surface area contributed by atoms with Crippen molar-refractivity contribution >= 4 is 0 Å². The number of hydrogen-bond acceptors (Lipinski definition) is 4. The Labute approximate surface area is 118 Å². The number of aromatic nitrogens is 2. The summed E-state index contributed by atoms with van der Waals surface area (Å²) in [4.78, 5) is 4.48. The van der Waals surface area contributed by atoms with Gasteiger partial charge in [-0.25, -0.2) is 4.98 Å². The third kappa shape index (κ3) is 2.78. The molecular weight excluding hydrogens is 254 g/mol. The highest BCUT2D eigenvalue weighted by molar-refractivity contribution is 5.04. The average molecular weight is 275 g/mol. The number of hydrogen-bond donors (Lipinski definition) is 1. The zero-order valence-corrected chi connectivity index (χ0v) is 11.8. The fourth-order valence-corrected chi connectivity index (χ4v) is 2.73. The highest BCUT2D eigenvalue weighted by Crippen LogP contribution is 2.27. The Morgan fingerprint density at radius 3 is 3.25 bits per heavy atom. The molecule has 5 nitrogen and oxygen atoms in total. The number of ether oxygens (including phenoxy) is 1. The van der Waals surface area contributed by atoms with Crippen LogP contribution >= 0.6 is 0 Å². The molecule has 0 aliphatic carbocycles. The molecule has 1 N–H and O–H groups in total. The fraction of sp³-hybridized carbons (Fsp3) is 0.533. The van der Waals surface area contributed by atoms with E-state index in [-0.39, 0.29) is 12.1 Å². The minimum atomic E-state index is 0.0219. The number of imidazole rings is 1. The van der Waals surface area contributed by atoms with Gasteiger partial charge in [0.1, 0.15) is 17.7 Å². The molecule has 1 fully saturated rings. The highest BCUT2D eigenvalue weighted by atomic mass is 16.5. The molecule has 2 atom stereocenters. The van der Waals surface area contributed by atoms with Gasteiger partial charge in [0.15, 0.2) is 0 Å². The van der Waals surface area contributed by atoms with Gasteiger partial charge in [0, 0.05) is 31.6 Å². The van der Waals surface area contributed by atoms with Gasteiger partial charge in [0.05, 0.1) is 12.8 Å². The SMILES string of the molecule is CCn1ccnc1[C@H]1OCCC[C@@H]1NCc1ccco1. The lowest BCUT2D eigenvalue weighted by Gasteiger charge is -2.32. The van der Waals surface area contributed by atoms with Crippen molar-refractivity contribution in [3.8, 4) is 0 Å². The van der Waals surface area contributed by atoms with Crippen molar-refractivity contribution in [1.29, 1.82) is 0 Å². The van der Waals surface area contributed by atoms with Crippen molar-refractivity contribution < 1.29 is 9.15 Å². The van der Waals surface area contributed by atoms with E-state index >= 15 is 0 Å². The molecule has 1 aliphatic heterocycles. The maximum atomic E-state index is 5.97. The zero-order valence-electron chi connectivity index (χ0n) is 11.8. The summed E-state index contributed by atoms with van der Waals surface area (Å²) in [6.07, 6.45) is 7.77. The maximum absolute atomic E-state index is 5.97.